The second-order valence-corrected chi connectivity index (χ2v) is 8.02. The van der Waals surface area contributed by atoms with Gasteiger partial charge in [-0.15, -0.1) is 11.3 Å². The third-order valence-corrected chi connectivity index (χ3v) is 6.17. The number of aryl methyl sites for hydroxylation is 1. The minimum Gasteiger partial charge on any atom is -0.497 e. The molecule has 2 N–H and O–H groups in total. The molecule has 158 valence electrons. The van der Waals surface area contributed by atoms with Gasteiger partial charge in [0.2, 0.25) is 0 Å². The lowest BCUT2D eigenvalue weighted by Crippen LogP contribution is -2.46. The van der Waals surface area contributed by atoms with Crippen molar-refractivity contribution in [2.24, 2.45) is 4.99 Å². The molecule has 1 aliphatic heterocycles. The van der Waals surface area contributed by atoms with E-state index in [1.54, 1.807) is 25.5 Å². The summed E-state index contributed by atoms with van der Waals surface area (Å²) in [6.45, 7) is 6.95. The number of nitrogens with one attached hydrogen (secondary N) is 2. The number of hydrogen-bond donors (Lipinski definition) is 2. The molecule has 0 radical (unpaired) electrons. The predicted octanol–water partition coefficient (Wildman–Crippen LogP) is 2.45. The number of aromatic nitrogens is 1. The van der Waals surface area contributed by atoms with E-state index in [4.69, 9.17) is 9.47 Å². The monoisotopic (exact) mass is 417 g/mol. The molecule has 1 atom stereocenters. The summed E-state index contributed by atoms with van der Waals surface area (Å²) in [5.41, 5.74) is 1.25. The van der Waals surface area contributed by atoms with Gasteiger partial charge in [-0.25, -0.2) is 4.98 Å². The van der Waals surface area contributed by atoms with Crippen LogP contribution in [-0.4, -0.2) is 62.8 Å². The molecule has 1 aliphatic rings. The molecule has 8 heteroatoms. The first-order chi connectivity index (χ1) is 14.2. The van der Waals surface area contributed by atoms with Gasteiger partial charge in [0.05, 0.1) is 32.9 Å². The zero-order valence-electron chi connectivity index (χ0n) is 17.5. The van der Waals surface area contributed by atoms with Gasteiger partial charge < -0.3 is 20.1 Å². The van der Waals surface area contributed by atoms with Crippen LogP contribution in [0.3, 0.4) is 0 Å². The third-order valence-electron chi connectivity index (χ3n) is 5.03. The molecule has 0 amide bonds. The van der Waals surface area contributed by atoms with Crippen LogP contribution in [-0.2, 0) is 17.7 Å². The summed E-state index contributed by atoms with van der Waals surface area (Å²) in [6.07, 6.45) is 2.98. The number of hydrogen-bond acceptors (Lipinski definition) is 6. The molecule has 0 spiro atoms. The molecular formula is C21H31N5O2S. The number of guanidine groups is 1. The van der Waals surface area contributed by atoms with E-state index in [0.29, 0.717) is 6.54 Å². The summed E-state index contributed by atoms with van der Waals surface area (Å²) < 4.78 is 10.9. The van der Waals surface area contributed by atoms with E-state index in [-0.39, 0.29) is 6.04 Å². The molecule has 2 aromatic rings. The predicted molar refractivity (Wildman–Crippen MR) is 118 cm³/mol. The maximum absolute atomic E-state index is 5.54. The molecule has 2 heterocycles. The SMILES string of the molecule is CCc1cnc(CNC(=NC)NCC(c2ccc(OC)cc2)N2CCOCC2)s1. The molecule has 1 aromatic heterocycles. The van der Waals surface area contributed by atoms with E-state index in [9.17, 15) is 0 Å². The van der Waals surface area contributed by atoms with Gasteiger partial charge in [-0.1, -0.05) is 19.1 Å². The minimum atomic E-state index is 0.231. The fraction of sp³-hybridized carbons (Fsp3) is 0.524. The molecule has 1 fully saturated rings. The van der Waals surface area contributed by atoms with Crippen molar-refractivity contribution in [3.05, 3.63) is 45.9 Å². The van der Waals surface area contributed by atoms with Crippen LogP contribution in [0, 0.1) is 0 Å². The lowest BCUT2D eigenvalue weighted by Gasteiger charge is -2.35. The Hall–Kier alpha value is -2.16. The fourth-order valence-corrected chi connectivity index (χ4v) is 4.14. The largest absolute Gasteiger partial charge is 0.497 e. The Morgan fingerprint density at radius 1 is 1.28 bits per heavy atom. The summed E-state index contributed by atoms with van der Waals surface area (Å²) >= 11 is 1.74. The highest BCUT2D eigenvalue weighted by Gasteiger charge is 2.23. The van der Waals surface area contributed by atoms with Crippen LogP contribution in [0.4, 0.5) is 0 Å². The average molecular weight is 418 g/mol. The molecule has 0 bridgehead atoms. The molecule has 7 nitrogen and oxygen atoms in total. The molecule has 0 aliphatic carbocycles. The first kappa shape index (κ1) is 21.5. The van der Waals surface area contributed by atoms with Gasteiger partial charge in [0.15, 0.2) is 5.96 Å². The van der Waals surface area contributed by atoms with Gasteiger partial charge in [0.25, 0.3) is 0 Å². The Labute approximate surface area is 177 Å². The molecule has 3 rings (SSSR count). The van der Waals surface area contributed by atoms with Crippen LogP contribution in [0.25, 0.3) is 0 Å². The van der Waals surface area contributed by atoms with Crippen molar-refractivity contribution in [3.8, 4) is 5.75 Å². The van der Waals surface area contributed by atoms with Gasteiger partial charge in [-0.2, -0.15) is 0 Å². The number of thiazole rings is 1. The summed E-state index contributed by atoms with van der Waals surface area (Å²) in [5, 5.41) is 7.94. The first-order valence-electron chi connectivity index (χ1n) is 10.1. The maximum Gasteiger partial charge on any atom is 0.191 e. The van der Waals surface area contributed by atoms with Crippen LogP contribution in [0.5, 0.6) is 5.75 Å². The highest BCUT2D eigenvalue weighted by molar-refractivity contribution is 7.11. The minimum absolute atomic E-state index is 0.231. The number of methoxy groups -OCH3 is 1. The van der Waals surface area contributed by atoms with Gasteiger partial charge >= 0.3 is 0 Å². The van der Waals surface area contributed by atoms with Crippen LogP contribution >= 0.6 is 11.3 Å². The molecule has 1 unspecified atom stereocenters. The quantitative estimate of drug-likeness (QED) is 0.508. The number of morpholine rings is 1. The summed E-state index contributed by atoms with van der Waals surface area (Å²) in [5.74, 6) is 1.65. The average Bonchev–Trinajstić information content (AvgIpc) is 3.25. The van der Waals surface area contributed by atoms with Gasteiger partial charge in [0.1, 0.15) is 10.8 Å². The number of aliphatic imine (C=N–C) groups is 1. The second-order valence-electron chi connectivity index (χ2n) is 6.82. The summed E-state index contributed by atoms with van der Waals surface area (Å²) in [7, 11) is 3.49. The van der Waals surface area contributed by atoms with Crippen LogP contribution < -0.4 is 15.4 Å². The second kappa shape index (κ2) is 11.1. The lowest BCUT2D eigenvalue weighted by molar-refractivity contribution is 0.0170. The van der Waals surface area contributed by atoms with Crippen LogP contribution in [0.2, 0.25) is 0 Å². The highest BCUT2D eigenvalue weighted by atomic mass is 32.1. The zero-order chi connectivity index (χ0) is 20.5. The van der Waals surface area contributed by atoms with Crippen molar-refractivity contribution in [2.45, 2.75) is 25.9 Å². The normalized spacial score (nSPS) is 16.4. The Kier molecular flexibility index (Phi) is 8.27. The van der Waals surface area contributed by atoms with Gasteiger partial charge in [-0.05, 0) is 24.1 Å². The fourth-order valence-electron chi connectivity index (χ4n) is 3.34. The van der Waals surface area contributed by atoms with E-state index < -0.39 is 0 Å². The van der Waals surface area contributed by atoms with E-state index in [0.717, 1.165) is 56.0 Å². The third kappa shape index (κ3) is 6.16. The standard InChI is InChI=1S/C21H31N5O2S/c1-4-18-13-23-20(29-18)15-25-21(22-2)24-14-19(26-9-11-28-12-10-26)16-5-7-17(27-3)8-6-16/h5-8,13,19H,4,9-12,14-15H2,1-3H3,(H2,22,24,25). The van der Waals surface area contributed by atoms with E-state index in [2.05, 4.69) is 44.6 Å². The summed E-state index contributed by atoms with van der Waals surface area (Å²) in [4.78, 5) is 12.6. The number of ether oxygens (including phenoxy) is 2. The lowest BCUT2D eigenvalue weighted by atomic mass is 10.0. The zero-order valence-corrected chi connectivity index (χ0v) is 18.3. The van der Waals surface area contributed by atoms with Crippen molar-refractivity contribution in [1.29, 1.82) is 0 Å². The van der Waals surface area contributed by atoms with Crippen molar-refractivity contribution >= 4 is 17.3 Å². The Bertz CT molecular complexity index is 772. The Morgan fingerprint density at radius 2 is 2.03 bits per heavy atom. The molecule has 1 aromatic carbocycles. The molecule has 0 saturated carbocycles. The molecule has 29 heavy (non-hydrogen) atoms. The Morgan fingerprint density at radius 3 is 2.66 bits per heavy atom. The van der Waals surface area contributed by atoms with E-state index in [1.807, 2.05) is 18.3 Å². The first-order valence-corrected chi connectivity index (χ1v) is 10.9. The van der Waals surface area contributed by atoms with Crippen LogP contribution in [0.15, 0.2) is 35.5 Å². The van der Waals surface area contributed by atoms with Gasteiger partial charge in [-0.3, -0.25) is 9.89 Å². The van der Waals surface area contributed by atoms with E-state index >= 15 is 0 Å². The summed E-state index contributed by atoms with van der Waals surface area (Å²) in [6, 6.07) is 8.54. The highest BCUT2D eigenvalue weighted by Crippen LogP contribution is 2.23. The molecule has 1 saturated heterocycles. The number of benzene rings is 1. The van der Waals surface area contributed by atoms with Crippen LogP contribution in [0.1, 0.15) is 28.4 Å². The van der Waals surface area contributed by atoms with Crippen molar-refractivity contribution in [1.82, 2.24) is 20.5 Å². The van der Waals surface area contributed by atoms with Gasteiger partial charge in [0, 0.05) is 37.8 Å². The number of rotatable bonds is 8. The number of nitrogens with zero attached hydrogens (tertiary/aromatic N) is 3. The Balaban J connectivity index is 1.62. The van der Waals surface area contributed by atoms with E-state index in [1.165, 1.54) is 10.4 Å². The smallest absolute Gasteiger partial charge is 0.191 e. The van der Waals surface area contributed by atoms with Crippen molar-refractivity contribution in [2.75, 3.05) is 47.0 Å². The topological polar surface area (TPSA) is 71.0 Å². The van der Waals surface area contributed by atoms with Crippen molar-refractivity contribution in [3.63, 3.8) is 0 Å². The molecular weight excluding hydrogens is 386 g/mol. The maximum atomic E-state index is 5.54. The van der Waals surface area contributed by atoms with Crippen molar-refractivity contribution < 1.29 is 9.47 Å².